The van der Waals surface area contributed by atoms with Crippen LogP contribution in [0.4, 0.5) is 0 Å². The molecule has 0 radical (unpaired) electrons. The first-order valence-electron chi connectivity index (χ1n) is 27.0. The van der Waals surface area contributed by atoms with Gasteiger partial charge in [0.05, 0.1) is 34.4 Å². The number of aliphatic carboxylic acids is 1. The second-order valence-electron chi connectivity index (χ2n) is 19.5. The first kappa shape index (κ1) is 61.5. The fourth-order valence-electron chi connectivity index (χ4n) is 8.10. The van der Waals surface area contributed by atoms with Crippen LogP contribution in [0.15, 0.2) is 36.5 Å². The van der Waals surface area contributed by atoms with Crippen molar-refractivity contribution in [1.82, 2.24) is 0 Å². The summed E-state index contributed by atoms with van der Waals surface area (Å²) < 4.78 is 17.4. The molecule has 0 aliphatic heterocycles. The molecular weight excluding hydrogens is 799 g/mol. The van der Waals surface area contributed by atoms with Gasteiger partial charge in [0.1, 0.15) is 6.61 Å². The molecule has 0 aromatic rings. The second kappa shape index (κ2) is 47.1. The minimum atomic E-state index is -0.873. The zero-order valence-corrected chi connectivity index (χ0v) is 42.7. The molecule has 0 bridgehead atoms. The molecule has 374 valence electrons. The zero-order valence-electron chi connectivity index (χ0n) is 42.7. The van der Waals surface area contributed by atoms with E-state index in [0.717, 1.165) is 57.8 Å². The number of carbonyl (C=O) groups is 3. The first-order chi connectivity index (χ1) is 31.1. The van der Waals surface area contributed by atoms with Gasteiger partial charge in [0.2, 0.25) is 0 Å². The first-order valence-corrected chi connectivity index (χ1v) is 27.0. The molecule has 0 heterocycles. The Morgan fingerprint density at radius 3 is 1.25 bits per heavy atom. The lowest BCUT2D eigenvalue weighted by atomic mass is 10.0. The van der Waals surface area contributed by atoms with E-state index in [1.807, 2.05) is 21.1 Å². The van der Waals surface area contributed by atoms with Crippen molar-refractivity contribution in [3.63, 3.8) is 0 Å². The average molecular weight is 903 g/mol. The average Bonchev–Trinajstić information content (AvgIpc) is 3.26. The van der Waals surface area contributed by atoms with Crippen molar-refractivity contribution in [2.75, 3.05) is 41.0 Å². The number of likely N-dealkylation sites (N-methyl/N-ethyl adjacent to an activating group) is 1. The van der Waals surface area contributed by atoms with Gasteiger partial charge in [-0.3, -0.25) is 9.59 Å². The highest BCUT2D eigenvalue weighted by Gasteiger charge is 2.31. The number of hydrogen-bond donors (Lipinski definition) is 1. The number of esters is 2. The van der Waals surface area contributed by atoms with Crippen LogP contribution < -0.4 is 0 Å². The highest BCUT2D eigenvalue weighted by atomic mass is 16.6. The summed E-state index contributed by atoms with van der Waals surface area (Å²) in [5.74, 6) is -1.46. The number of hydrogen-bond acceptors (Lipinski definition) is 6. The van der Waals surface area contributed by atoms with Crippen molar-refractivity contribution in [2.24, 2.45) is 0 Å². The monoisotopic (exact) mass is 903 g/mol. The Labute approximate surface area is 395 Å². The van der Waals surface area contributed by atoms with Crippen molar-refractivity contribution >= 4 is 17.9 Å². The van der Waals surface area contributed by atoms with E-state index in [9.17, 15) is 19.5 Å². The van der Waals surface area contributed by atoms with Crippen molar-refractivity contribution in [3.05, 3.63) is 36.5 Å². The Kier molecular flexibility index (Phi) is 45.3. The van der Waals surface area contributed by atoms with Gasteiger partial charge in [0.25, 0.3) is 0 Å². The molecule has 0 aliphatic carbocycles. The van der Waals surface area contributed by atoms with E-state index in [0.29, 0.717) is 19.3 Å². The predicted octanol–water partition coefficient (Wildman–Crippen LogP) is 15.8. The third kappa shape index (κ3) is 44.7. The Morgan fingerprint density at radius 2 is 0.828 bits per heavy atom. The van der Waals surface area contributed by atoms with Crippen molar-refractivity contribution in [2.45, 2.75) is 264 Å². The molecule has 0 amide bonds. The van der Waals surface area contributed by atoms with Crippen LogP contribution in [-0.4, -0.2) is 80.6 Å². The Hall–Kier alpha value is -2.45. The normalized spacial score (nSPS) is 13.1. The smallest absolute Gasteiger partial charge is 0.362 e. The highest BCUT2D eigenvalue weighted by Crippen LogP contribution is 2.16. The van der Waals surface area contributed by atoms with Crippen LogP contribution in [0, 0.1) is 0 Å². The zero-order chi connectivity index (χ0) is 47.0. The highest BCUT2D eigenvalue weighted by molar-refractivity contribution is 5.72. The van der Waals surface area contributed by atoms with Gasteiger partial charge in [-0.05, 0) is 51.4 Å². The maximum absolute atomic E-state index is 12.8. The number of ether oxygens (including phenoxy) is 3. The molecule has 0 rings (SSSR count). The molecule has 0 saturated carbocycles. The molecule has 64 heavy (non-hydrogen) atoms. The number of nitrogens with zero attached hydrogens (tertiary/aromatic N) is 1. The predicted molar refractivity (Wildman–Crippen MR) is 271 cm³/mol. The molecule has 0 aliphatic rings. The standard InChI is InChI=1S/C56H103NO7/c1-6-8-10-12-14-16-18-20-22-24-26-27-28-29-31-33-35-37-39-41-43-45-47-55(59)64-52(50-62-49-48-53(56(60)61)57(3,4)5)51-63-54(58)46-44-42-40-38-36-34-32-30-25-23-21-19-17-15-13-11-9-7-2/h14,16,20,22,26-27,52-53H,6-13,15,17-19,21,23-25,28-51H2,1-5H3/p+1/b16-14+,22-20+,27-26+. The molecule has 8 nitrogen and oxygen atoms in total. The maximum Gasteiger partial charge on any atom is 0.362 e. The van der Waals surface area contributed by atoms with Crippen LogP contribution in [0.3, 0.4) is 0 Å². The Balaban J connectivity index is 4.21. The molecule has 0 spiro atoms. The lowest BCUT2D eigenvalue weighted by Crippen LogP contribution is -2.50. The van der Waals surface area contributed by atoms with Crippen LogP contribution >= 0.6 is 0 Å². The third-order valence-corrected chi connectivity index (χ3v) is 12.3. The molecule has 0 saturated heterocycles. The van der Waals surface area contributed by atoms with E-state index in [1.165, 1.54) is 161 Å². The fourth-order valence-corrected chi connectivity index (χ4v) is 8.10. The Morgan fingerprint density at radius 1 is 0.469 bits per heavy atom. The summed E-state index contributed by atoms with van der Waals surface area (Å²) in [6, 6.07) is -0.615. The molecule has 0 aromatic carbocycles. The van der Waals surface area contributed by atoms with E-state index in [1.54, 1.807) is 0 Å². The van der Waals surface area contributed by atoms with Gasteiger partial charge in [-0.25, -0.2) is 4.79 Å². The molecule has 0 fully saturated rings. The van der Waals surface area contributed by atoms with Crippen LogP contribution in [0.25, 0.3) is 0 Å². The molecular formula is C56H104NO7+. The molecule has 2 atom stereocenters. The lowest BCUT2D eigenvalue weighted by Gasteiger charge is -2.31. The molecule has 1 N–H and O–H groups in total. The van der Waals surface area contributed by atoms with Crippen molar-refractivity contribution in [1.29, 1.82) is 0 Å². The summed E-state index contributed by atoms with van der Waals surface area (Å²) >= 11 is 0. The summed E-state index contributed by atoms with van der Waals surface area (Å²) in [6.45, 7) is 4.75. The van der Waals surface area contributed by atoms with Crippen molar-refractivity contribution < 1.29 is 38.2 Å². The van der Waals surface area contributed by atoms with Gasteiger partial charge in [-0.15, -0.1) is 0 Å². The van der Waals surface area contributed by atoms with Crippen LogP contribution in [0.5, 0.6) is 0 Å². The summed E-state index contributed by atoms with van der Waals surface area (Å²) in [5.41, 5.74) is 0. The number of quaternary nitrogens is 1. The van der Waals surface area contributed by atoms with E-state index in [2.05, 4.69) is 50.3 Å². The lowest BCUT2D eigenvalue weighted by molar-refractivity contribution is -0.887. The number of carboxylic acids is 1. The Bertz CT molecular complexity index is 1140. The quantitative estimate of drug-likeness (QED) is 0.0281. The number of unbranched alkanes of at least 4 members (excludes halogenated alkanes) is 29. The van der Waals surface area contributed by atoms with Gasteiger partial charge in [-0.2, -0.15) is 0 Å². The van der Waals surface area contributed by atoms with E-state index >= 15 is 0 Å². The number of allylic oxidation sites excluding steroid dienone is 6. The van der Waals surface area contributed by atoms with Crippen LogP contribution in [-0.2, 0) is 28.6 Å². The van der Waals surface area contributed by atoms with Gasteiger partial charge in [-0.1, -0.05) is 217 Å². The molecule has 2 unspecified atom stereocenters. The summed E-state index contributed by atoms with van der Waals surface area (Å²) in [6.07, 6.45) is 56.2. The van der Waals surface area contributed by atoms with E-state index in [-0.39, 0.29) is 36.2 Å². The summed E-state index contributed by atoms with van der Waals surface area (Å²) in [7, 11) is 5.54. The summed E-state index contributed by atoms with van der Waals surface area (Å²) in [4.78, 5) is 37.2. The topological polar surface area (TPSA) is 99.1 Å². The number of carbonyl (C=O) groups excluding carboxylic acids is 2. The van der Waals surface area contributed by atoms with Gasteiger partial charge < -0.3 is 23.8 Å². The van der Waals surface area contributed by atoms with Crippen LogP contribution in [0.2, 0.25) is 0 Å². The van der Waals surface area contributed by atoms with Gasteiger partial charge >= 0.3 is 17.9 Å². The van der Waals surface area contributed by atoms with E-state index < -0.39 is 18.1 Å². The van der Waals surface area contributed by atoms with Gasteiger partial charge in [0.15, 0.2) is 12.1 Å². The molecule has 8 heteroatoms. The molecule has 0 aromatic heterocycles. The SMILES string of the molecule is CCCCC/C=C/C/C=C/C/C=C/CCCCCCCCCCCC(=O)OC(COCCC(C(=O)O)[N+](C)(C)C)COC(=O)CCCCCCCCCCCCCCCCCCCC. The number of carboxylic acid groups (broad SMARTS) is 1. The van der Waals surface area contributed by atoms with Gasteiger partial charge in [0, 0.05) is 19.3 Å². The third-order valence-electron chi connectivity index (χ3n) is 12.3. The fraction of sp³-hybridized carbons (Fsp3) is 0.839. The maximum atomic E-state index is 12.8. The van der Waals surface area contributed by atoms with Crippen LogP contribution in [0.1, 0.15) is 251 Å². The largest absolute Gasteiger partial charge is 0.477 e. The van der Waals surface area contributed by atoms with Crippen molar-refractivity contribution in [3.8, 4) is 0 Å². The van der Waals surface area contributed by atoms with E-state index in [4.69, 9.17) is 14.2 Å². The minimum Gasteiger partial charge on any atom is -0.477 e. The second-order valence-corrected chi connectivity index (χ2v) is 19.5. The number of rotatable bonds is 49. The minimum absolute atomic E-state index is 0.0493. The summed E-state index contributed by atoms with van der Waals surface area (Å²) in [5, 5.41) is 9.66.